The minimum Gasteiger partial charge on any atom is -0.444 e. The van der Waals surface area contributed by atoms with Crippen LogP contribution in [0.2, 0.25) is 19.6 Å². The van der Waals surface area contributed by atoms with Crippen molar-refractivity contribution in [2.75, 3.05) is 19.8 Å². The lowest BCUT2D eigenvalue weighted by Crippen LogP contribution is -2.48. The van der Waals surface area contributed by atoms with E-state index in [0.717, 1.165) is 0 Å². The summed E-state index contributed by atoms with van der Waals surface area (Å²) in [7, 11) is -1.38. The standard InChI is InChI=1S/C18H30N2O4Si/c1-8-10-15(20-17(22)24-18(2,3)4)16(21)19-11-13-23-12-9-14-25(5,6)7/h1,15H,10-13H2,2-7H3,(H,19,21)(H,20,22). The fourth-order valence-corrected chi connectivity index (χ4v) is 2.17. The summed E-state index contributed by atoms with van der Waals surface area (Å²) in [4.78, 5) is 23.9. The molecule has 25 heavy (non-hydrogen) atoms. The Morgan fingerprint density at radius 3 is 2.40 bits per heavy atom. The average molecular weight is 367 g/mol. The van der Waals surface area contributed by atoms with Gasteiger partial charge in [0.1, 0.15) is 26.3 Å². The van der Waals surface area contributed by atoms with E-state index in [-0.39, 0.29) is 12.3 Å². The molecule has 0 aromatic heterocycles. The first-order valence-corrected chi connectivity index (χ1v) is 11.7. The Balaban J connectivity index is 4.23. The summed E-state index contributed by atoms with van der Waals surface area (Å²) in [5.74, 6) is 4.98. The maximum absolute atomic E-state index is 12.1. The lowest BCUT2D eigenvalue weighted by atomic mass is 10.2. The summed E-state index contributed by atoms with van der Waals surface area (Å²) in [5.41, 5.74) is 2.54. The van der Waals surface area contributed by atoms with E-state index in [9.17, 15) is 9.59 Å². The summed E-state index contributed by atoms with van der Waals surface area (Å²) in [5, 5.41) is 5.15. The molecule has 6 nitrogen and oxygen atoms in total. The van der Waals surface area contributed by atoms with Gasteiger partial charge in [-0.15, -0.1) is 17.9 Å². The molecule has 0 fully saturated rings. The molecule has 0 aliphatic heterocycles. The molecule has 7 heteroatoms. The van der Waals surface area contributed by atoms with Crippen LogP contribution in [0.25, 0.3) is 0 Å². The van der Waals surface area contributed by atoms with Crippen LogP contribution in [0.4, 0.5) is 4.79 Å². The van der Waals surface area contributed by atoms with E-state index < -0.39 is 25.8 Å². The molecule has 2 N–H and O–H groups in total. The Labute approximate surface area is 152 Å². The minimum atomic E-state index is -1.38. The highest BCUT2D eigenvalue weighted by Gasteiger charge is 2.23. The molecular formula is C18H30N2O4Si. The molecule has 0 saturated heterocycles. The molecule has 0 saturated carbocycles. The van der Waals surface area contributed by atoms with E-state index in [0.29, 0.717) is 19.8 Å². The van der Waals surface area contributed by atoms with Crippen LogP contribution in [0.15, 0.2) is 0 Å². The topological polar surface area (TPSA) is 76.7 Å². The van der Waals surface area contributed by atoms with Crippen LogP contribution >= 0.6 is 0 Å². The molecule has 0 aliphatic carbocycles. The Morgan fingerprint density at radius 2 is 1.88 bits per heavy atom. The van der Waals surface area contributed by atoms with Crippen LogP contribution in [-0.4, -0.2) is 51.5 Å². The molecule has 0 radical (unpaired) electrons. The van der Waals surface area contributed by atoms with E-state index in [4.69, 9.17) is 15.9 Å². The smallest absolute Gasteiger partial charge is 0.408 e. The molecular weight excluding hydrogens is 336 g/mol. The Morgan fingerprint density at radius 1 is 1.24 bits per heavy atom. The maximum atomic E-state index is 12.1. The van der Waals surface area contributed by atoms with E-state index in [1.165, 1.54) is 0 Å². The van der Waals surface area contributed by atoms with Crippen molar-refractivity contribution in [3.05, 3.63) is 0 Å². The molecule has 0 aromatic rings. The Hall–Kier alpha value is -1.96. The molecule has 1 unspecified atom stereocenters. The third-order valence-corrected chi connectivity index (χ3v) is 3.44. The number of rotatable bonds is 7. The Bertz CT molecular complexity index is 545. The zero-order valence-electron chi connectivity index (χ0n) is 16.1. The zero-order chi connectivity index (χ0) is 19.5. The van der Waals surface area contributed by atoms with Gasteiger partial charge in [0.15, 0.2) is 0 Å². The minimum absolute atomic E-state index is 0.0770. The van der Waals surface area contributed by atoms with Gasteiger partial charge in [-0.05, 0) is 20.8 Å². The number of ether oxygens (including phenoxy) is 2. The van der Waals surface area contributed by atoms with E-state index >= 15 is 0 Å². The highest BCUT2D eigenvalue weighted by Crippen LogP contribution is 2.07. The number of amides is 2. The predicted octanol–water partition coefficient (Wildman–Crippen LogP) is 1.92. The summed E-state index contributed by atoms with van der Waals surface area (Å²) in [6.45, 7) is 12.7. The maximum Gasteiger partial charge on any atom is 0.408 e. The van der Waals surface area contributed by atoms with Gasteiger partial charge >= 0.3 is 6.09 Å². The van der Waals surface area contributed by atoms with Crippen LogP contribution in [0.1, 0.15) is 27.2 Å². The van der Waals surface area contributed by atoms with Crippen molar-refractivity contribution in [3.8, 4) is 23.8 Å². The highest BCUT2D eigenvalue weighted by atomic mass is 28.3. The van der Waals surface area contributed by atoms with Gasteiger partial charge in [-0.1, -0.05) is 25.6 Å². The predicted molar refractivity (Wildman–Crippen MR) is 102 cm³/mol. The van der Waals surface area contributed by atoms with Gasteiger partial charge in [-0.2, -0.15) is 0 Å². The highest BCUT2D eigenvalue weighted by molar-refractivity contribution is 6.83. The van der Waals surface area contributed by atoms with Crippen LogP contribution < -0.4 is 10.6 Å². The van der Waals surface area contributed by atoms with Crippen molar-refractivity contribution in [1.82, 2.24) is 10.6 Å². The van der Waals surface area contributed by atoms with E-state index in [2.05, 4.69) is 47.7 Å². The van der Waals surface area contributed by atoms with Crippen molar-refractivity contribution in [3.63, 3.8) is 0 Å². The van der Waals surface area contributed by atoms with Gasteiger partial charge < -0.3 is 20.1 Å². The summed E-state index contributed by atoms with van der Waals surface area (Å²) >= 11 is 0. The molecule has 2 amide bonds. The molecule has 0 rings (SSSR count). The molecule has 0 aliphatic rings. The van der Waals surface area contributed by atoms with Crippen LogP contribution in [0.5, 0.6) is 0 Å². The number of terminal acetylenes is 1. The van der Waals surface area contributed by atoms with Gasteiger partial charge in [0, 0.05) is 13.0 Å². The fourth-order valence-electron chi connectivity index (χ4n) is 1.57. The summed E-state index contributed by atoms with van der Waals surface area (Å²) < 4.78 is 10.5. The van der Waals surface area contributed by atoms with Crippen LogP contribution in [-0.2, 0) is 14.3 Å². The molecule has 0 spiro atoms. The van der Waals surface area contributed by atoms with Crippen molar-refractivity contribution in [1.29, 1.82) is 0 Å². The molecule has 140 valence electrons. The number of nitrogens with one attached hydrogen (secondary N) is 2. The SMILES string of the molecule is C#CCC(NC(=O)OC(C)(C)C)C(=O)NCCOCC#C[Si](C)(C)C. The number of hydrogen-bond donors (Lipinski definition) is 2. The fraction of sp³-hybridized carbons (Fsp3) is 0.667. The van der Waals surface area contributed by atoms with Gasteiger partial charge in [-0.25, -0.2) is 4.79 Å². The van der Waals surface area contributed by atoms with Gasteiger partial charge in [0.05, 0.1) is 6.61 Å². The van der Waals surface area contributed by atoms with Crippen molar-refractivity contribution < 1.29 is 19.1 Å². The molecule has 0 heterocycles. The third-order valence-electron chi connectivity index (χ3n) is 2.51. The Kier molecular flexibility index (Phi) is 9.96. The molecule has 1 atom stereocenters. The quantitative estimate of drug-likeness (QED) is 0.410. The van der Waals surface area contributed by atoms with E-state index in [1.54, 1.807) is 20.8 Å². The second-order valence-corrected chi connectivity index (χ2v) is 12.3. The van der Waals surface area contributed by atoms with Crippen LogP contribution in [0.3, 0.4) is 0 Å². The second kappa shape index (κ2) is 10.8. The summed E-state index contributed by atoms with van der Waals surface area (Å²) in [6.07, 6.45) is 4.65. The normalized spacial score (nSPS) is 12.2. The first-order valence-electron chi connectivity index (χ1n) is 8.23. The van der Waals surface area contributed by atoms with Crippen molar-refractivity contribution in [2.24, 2.45) is 0 Å². The van der Waals surface area contributed by atoms with Gasteiger partial charge in [0.2, 0.25) is 5.91 Å². The van der Waals surface area contributed by atoms with Gasteiger partial charge in [-0.3, -0.25) is 4.79 Å². The largest absolute Gasteiger partial charge is 0.444 e. The molecule has 0 aromatic carbocycles. The first-order chi connectivity index (χ1) is 11.4. The van der Waals surface area contributed by atoms with Crippen molar-refractivity contribution >= 4 is 20.1 Å². The number of alkyl carbamates (subject to hydrolysis) is 1. The van der Waals surface area contributed by atoms with E-state index in [1.807, 2.05) is 0 Å². The van der Waals surface area contributed by atoms with Gasteiger partial charge in [0.25, 0.3) is 0 Å². The number of carbonyl (C=O) groups is 2. The molecule has 0 bridgehead atoms. The number of hydrogen-bond acceptors (Lipinski definition) is 4. The zero-order valence-corrected chi connectivity index (χ0v) is 17.1. The number of carbonyl (C=O) groups excluding carboxylic acids is 2. The van der Waals surface area contributed by atoms with Crippen molar-refractivity contribution in [2.45, 2.75) is 58.5 Å². The average Bonchev–Trinajstić information content (AvgIpc) is 2.42. The first kappa shape index (κ1) is 23.0. The lowest BCUT2D eigenvalue weighted by molar-refractivity contribution is -0.123. The third kappa shape index (κ3) is 14.1. The second-order valence-electron chi connectivity index (χ2n) is 7.50. The lowest BCUT2D eigenvalue weighted by Gasteiger charge is -2.22. The van der Waals surface area contributed by atoms with Crippen LogP contribution in [0, 0.1) is 23.8 Å². The summed E-state index contributed by atoms with van der Waals surface area (Å²) in [6, 6.07) is -0.841. The monoisotopic (exact) mass is 366 g/mol.